The Morgan fingerprint density at radius 2 is 2.00 bits per heavy atom. The predicted octanol–water partition coefficient (Wildman–Crippen LogP) is 1.79. The molecule has 2 atom stereocenters. The van der Waals surface area contributed by atoms with Gasteiger partial charge < -0.3 is 24.5 Å². The van der Waals surface area contributed by atoms with Crippen molar-refractivity contribution < 1.29 is 29.3 Å². The first-order chi connectivity index (χ1) is 13.3. The molecular formula is C21H21NO6. The summed E-state index contributed by atoms with van der Waals surface area (Å²) >= 11 is 0. The van der Waals surface area contributed by atoms with Gasteiger partial charge in [-0.15, -0.1) is 0 Å². The second-order valence-electron chi connectivity index (χ2n) is 7.47. The molecule has 1 aliphatic rings. The number of aliphatic hydroxyl groups is 3. The summed E-state index contributed by atoms with van der Waals surface area (Å²) in [4.78, 5) is 17.2. The highest BCUT2D eigenvalue weighted by Crippen LogP contribution is 2.46. The summed E-state index contributed by atoms with van der Waals surface area (Å²) in [7, 11) is 0. The number of carbonyl (C=O) groups excluding carboxylic acids is 1. The molecule has 0 aliphatic heterocycles. The minimum absolute atomic E-state index is 0.114. The molecule has 1 aliphatic carbocycles. The molecule has 0 unspecified atom stereocenters. The fraction of sp³-hybridized carbons (Fsp3) is 0.333. The molecule has 1 aromatic carbocycles. The summed E-state index contributed by atoms with van der Waals surface area (Å²) in [5, 5.41) is 28.9. The molecule has 7 nitrogen and oxygen atoms in total. The maximum absolute atomic E-state index is 13.2. The third kappa shape index (κ3) is 2.79. The predicted molar refractivity (Wildman–Crippen MR) is 101 cm³/mol. The Balaban J connectivity index is 1.73. The molecule has 146 valence electrons. The minimum atomic E-state index is -1.28. The summed E-state index contributed by atoms with van der Waals surface area (Å²) < 4.78 is 11.6. The Morgan fingerprint density at radius 3 is 2.75 bits per heavy atom. The Kier molecular flexibility index (Phi) is 4.45. The van der Waals surface area contributed by atoms with E-state index in [0.717, 1.165) is 10.9 Å². The van der Waals surface area contributed by atoms with Crippen molar-refractivity contribution in [3.8, 4) is 5.75 Å². The number of aliphatic hydroxyl groups excluding tert-OH is 3. The Hall–Kier alpha value is -2.74. The average Bonchev–Trinajstić information content (AvgIpc) is 3.10. The topological polar surface area (TPSA) is 113 Å². The smallest absolute Gasteiger partial charge is 0.197 e. The van der Waals surface area contributed by atoms with Crippen LogP contribution in [0, 0.1) is 0 Å². The van der Waals surface area contributed by atoms with Crippen LogP contribution < -0.4 is 4.74 Å². The van der Waals surface area contributed by atoms with Crippen molar-refractivity contribution >= 4 is 16.8 Å². The van der Waals surface area contributed by atoms with Gasteiger partial charge in [-0.3, -0.25) is 9.78 Å². The molecule has 0 spiro atoms. The van der Waals surface area contributed by atoms with E-state index >= 15 is 0 Å². The summed E-state index contributed by atoms with van der Waals surface area (Å²) in [6.45, 7) is 3.21. The van der Waals surface area contributed by atoms with Crippen molar-refractivity contribution in [3.63, 3.8) is 0 Å². The van der Waals surface area contributed by atoms with Crippen LogP contribution >= 0.6 is 0 Å². The van der Waals surface area contributed by atoms with Crippen LogP contribution in [0.4, 0.5) is 0 Å². The minimum Gasteiger partial charge on any atom is -0.491 e. The molecule has 0 radical (unpaired) electrons. The molecule has 0 saturated heterocycles. The lowest BCUT2D eigenvalue weighted by molar-refractivity contribution is -0.0339. The molecule has 0 amide bonds. The van der Waals surface area contributed by atoms with Crippen molar-refractivity contribution in [1.82, 2.24) is 4.98 Å². The lowest BCUT2D eigenvalue weighted by Crippen LogP contribution is -2.34. The van der Waals surface area contributed by atoms with Crippen LogP contribution in [0.1, 0.15) is 41.1 Å². The average molecular weight is 383 g/mol. The molecule has 4 rings (SSSR count). The van der Waals surface area contributed by atoms with Gasteiger partial charge in [-0.05, 0) is 43.7 Å². The second kappa shape index (κ2) is 6.70. The number of benzene rings is 1. The van der Waals surface area contributed by atoms with Crippen molar-refractivity contribution in [2.45, 2.75) is 31.5 Å². The van der Waals surface area contributed by atoms with Gasteiger partial charge in [0.25, 0.3) is 0 Å². The number of carbonyl (C=O) groups is 1. The van der Waals surface area contributed by atoms with E-state index in [1.54, 1.807) is 36.7 Å². The van der Waals surface area contributed by atoms with Crippen molar-refractivity contribution in [3.05, 3.63) is 59.1 Å². The van der Waals surface area contributed by atoms with E-state index in [1.165, 1.54) is 0 Å². The molecule has 0 bridgehead atoms. The van der Waals surface area contributed by atoms with Crippen molar-refractivity contribution in [1.29, 1.82) is 0 Å². The SMILES string of the molecule is CC1(C)c2cc(OC[C@@H](O)[C@H](O)CO)ccc2C(=O)c2c1oc1cnccc21. The normalized spacial score (nSPS) is 17.1. The van der Waals surface area contributed by atoms with Crippen LogP contribution in [0.3, 0.4) is 0 Å². The summed E-state index contributed by atoms with van der Waals surface area (Å²) in [6.07, 6.45) is 0.744. The zero-order valence-electron chi connectivity index (χ0n) is 15.5. The summed E-state index contributed by atoms with van der Waals surface area (Å²) in [6, 6.07) is 6.88. The monoisotopic (exact) mass is 383 g/mol. The van der Waals surface area contributed by atoms with Gasteiger partial charge in [-0.2, -0.15) is 0 Å². The highest BCUT2D eigenvalue weighted by Gasteiger charge is 2.41. The highest BCUT2D eigenvalue weighted by molar-refractivity contribution is 6.19. The van der Waals surface area contributed by atoms with Crippen molar-refractivity contribution in [2.24, 2.45) is 0 Å². The molecule has 3 N–H and O–H groups in total. The number of fused-ring (bicyclic) bond motifs is 4. The van der Waals surface area contributed by atoms with E-state index in [0.29, 0.717) is 28.2 Å². The Morgan fingerprint density at radius 1 is 1.21 bits per heavy atom. The van der Waals surface area contributed by atoms with Crippen LogP contribution in [0.2, 0.25) is 0 Å². The number of hydrogen-bond acceptors (Lipinski definition) is 7. The maximum Gasteiger partial charge on any atom is 0.197 e. The largest absolute Gasteiger partial charge is 0.491 e. The number of ketones is 1. The maximum atomic E-state index is 13.2. The zero-order valence-corrected chi connectivity index (χ0v) is 15.5. The number of hydrogen-bond donors (Lipinski definition) is 3. The van der Waals surface area contributed by atoms with Crippen LogP contribution in [0.5, 0.6) is 5.75 Å². The Bertz CT molecular complexity index is 1050. The fourth-order valence-corrected chi connectivity index (χ4v) is 3.62. The van der Waals surface area contributed by atoms with Crippen molar-refractivity contribution in [2.75, 3.05) is 13.2 Å². The lowest BCUT2D eigenvalue weighted by Gasteiger charge is -2.31. The number of ether oxygens (including phenoxy) is 1. The van der Waals surface area contributed by atoms with Crippen LogP contribution in [-0.2, 0) is 5.41 Å². The van der Waals surface area contributed by atoms with E-state index in [1.807, 2.05) is 13.8 Å². The molecule has 3 aromatic rings. The van der Waals surface area contributed by atoms with E-state index in [-0.39, 0.29) is 12.4 Å². The van der Waals surface area contributed by atoms with E-state index in [9.17, 15) is 15.0 Å². The first-order valence-corrected chi connectivity index (χ1v) is 9.00. The third-order valence-electron chi connectivity index (χ3n) is 5.25. The first-order valence-electron chi connectivity index (χ1n) is 9.00. The standard InChI is InChI=1S/C21H21NO6/c1-21(2)14-7-11(27-10-16(25)15(24)9-23)3-4-12(14)19(26)18-13-5-6-22-8-17(13)28-20(18)21/h3-8,15-16,23-25H,9-10H2,1-2H3/t15-,16-/m1/s1. The van der Waals surface area contributed by atoms with Gasteiger partial charge in [0.1, 0.15) is 30.3 Å². The number of rotatable bonds is 5. The molecule has 0 fully saturated rings. The summed E-state index contributed by atoms with van der Waals surface area (Å²) in [5.41, 5.74) is 1.87. The Labute approximate surface area is 161 Å². The van der Waals surface area contributed by atoms with Gasteiger partial charge in [0.15, 0.2) is 11.4 Å². The zero-order chi connectivity index (χ0) is 20.1. The molecule has 2 aromatic heterocycles. The first kappa shape index (κ1) is 18.6. The number of furan rings is 1. The van der Waals surface area contributed by atoms with Crippen LogP contribution in [0.25, 0.3) is 11.0 Å². The van der Waals surface area contributed by atoms with Crippen LogP contribution in [-0.4, -0.2) is 51.5 Å². The van der Waals surface area contributed by atoms with Gasteiger partial charge in [0.05, 0.1) is 18.4 Å². The molecular weight excluding hydrogens is 362 g/mol. The van der Waals surface area contributed by atoms with Gasteiger partial charge in [0.2, 0.25) is 0 Å². The molecule has 0 saturated carbocycles. The van der Waals surface area contributed by atoms with E-state index < -0.39 is 24.2 Å². The van der Waals surface area contributed by atoms with Gasteiger partial charge >= 0.3 is 0 Å². The fourth-order valence-electron chi connectivity index (χ4n) is 3.62. The summed E-state index contributed by atoms with van der Waals surface area (Å²) in [5.74, 6) is 0.919. The third-order valence-corrected chi connectivity index (χ3v) is 5.25. The quantitative estimate of drug-likeness (QED) is 0.616. The second-order valence-corrected chi connectivity index (χ2v) is 7.47. The van der Waals surface area contributed by atoms with E-state index in [2.05, 4.69) is 4.98 Å². The number of aromatic nitrogens is 1. The number of pyridine rings is 1. The molecule has 28 heavy (non-hydrogen) atoms. The lowest BCUT2D eigenvalue weighted by atomic mass is 9.72. The molecule has 2 heterocycles. The van der Waals surface area contributed by atoms with Gasteiger partial charge in [0, 0.05) is 22.6 Å². The van der Waals surface area contributed by atoms with Gasteiger partial charge in [-0.25, -0.2) is 0 Å². The number of nitrogens with zero attached hydrogens (tertiary/aromatic N) is 1. The van der Waals surface area contributed by atoms with E-state index in [4.69, 9.17) is 14.3 Å². The highest BCUT2D eigenvalue weighted by atomic mass is 16.5. The van der Waals surface area contributed by atoms with Gasteiger partial charge in [-0.1, -0.05) is 0 Å². The van der Waals surface area contributed by atoms with Crippen LogP contribution in [0.15, 0.2) is 41.1 Å². The molecule has 7 heteroatoms.